The number of aliphatic hydroxyl groups excluding tert-OH is 1. The van der Waals surface area contributed by atoms with Crippen LogP contribution in [0, 0.1) is 23.2 Å². The molecule has 3 N–H and O–H groups in total. The van der Waals surface area contributed by atoms with E-state index in [-0.39, 0.29) is 44.5 Å². The lowest BCUT2D eigenvalue weighted by molar-refractivity contribution is -0.134. The Hall–Kier alpha value is -4.42. The van der Waals surface area contributed by atoms with Gasteiger partial charge in [-0.05, 0) is 86.6 Å². The number of benzene rings is 1. The van der Waals surface area contributed by atoms with E-state index in [9.17, 15) is 34.3 Å². The monoisotopic (exact) mass is 729 g/mol. The molecule has 3 heterocycles. The van der Waals surface area contributed by atoms with E-state index in [1.807, 2.05) is 30.3 Å². The molecular formula is C37H55N5O10. The molecule has 4 rings (SSSR count). The van der Waals surface area contributed by atoms with Crippen molar-refractivity contribution in [2.45, 2.75) is 123 Å². The van der Waals surface area contributed by atoms with Crippen molar-refractivity contribution in [3.05, 3.63) is 35.9 Å². The average molecular weight is 730 g/mol. The van der Waals surface area contributed by atoms with Gasteiger partial charge in [0, 0.05) is 18.9 Å². The van der Waals surface area contributed by atoms with Gasteiger partial charge in [0.1, 0.15) is 23.5 Å². The molecule has 0 spiro atoms. The normalized spacial score (nSPS) is 22.3. The number of nitrogens with one attached hydrogen (secondary N) is 2. The van der Waals surface area contributed by atoms with E-state index in [0.29, 0.717) is 19.4 Å². The van der Waals surface area contributed by atoms with E-state index in [1.165, 1.54) is 4.90 Å². The molecule has 3 aliphatic heterocycles. The van der Waals surface area contributed by atoms with Crippen molar-refractivity contribution in [2.24, 2.45) is 11.8 Å². The first kappa shape index (κ1) is 42.0. The third-order valence-electron chi connectivity index (χ3n) is 8.59. The topological polar surface area (TPSA) is 197 Å². The summed E-state index contributed by atoms with van der Waals surface area (Å²) in [6.07, 6.45) is -0.128. The molecule has 52 heavy (non-hydrogen) atoms. The predicted octanol–water partition coefficient (Wildman–Crippen LogP) is 4.27. The number of nitrogens with zero attached hydrogens (tertiary/aromatic N) is 3. The van der Waals surface area contributed by atoms with Crippen LogP contribution in [0.2, 0.25) is 0 Å². The fourth-order valence-electron chi connectivity index (χ4n) is 6.28. The second-order valence-electron chi connectivity index (χ2n) is 15.7. The maximum absolute atomic E-state index is 13.5. The lowest BCUT2D eigenvalue weighted by atomic mass is 9.94. The molecule has 0 aliphatic carbocycles. The van der Waals surface area contributed by atoms with E-state index >= 15 is 0 Å². The van der Waals surface area contributed by atoms with Gasteiger partial charge in [0.05, 0.1) is 43.3 Å². The third kappa shape index (κ3) is 12.4. The molecule has 3 saturated heterocycles. The number of imide groups is 1. The summed E-state index contributed by atoms with van der Waals surface area (Å²) in [6, 6.07) is 10.2. The van der Waals surface area contributed by atoms with Gasteiger partial charge in [0.2, 0.25) is 11.8 Å². The molecule has 5 atom stereocenters. The van der Waals surface area contributed by atoms with Gasteiger partial charge in [0.25, 0.3) is 0 Å². The van der Waals surface area contributed by atoms with Gasteiger partial charge >= 0.3 is 18.3 Å². The van der Waals surface area contributed by atoms with Crippen LogP contribution in [0.1, 0.15) is 86.6 Å². The highest BCUT2D eigenvalue weighted by atomic mass is 16.6. The van der Waals surface area contributed by atoms with E-state index in [1.54, 1.807) is 55.4 Å². The summed E-state index contributed by atoms with van der Waals surface area (Å²) in [6.45, 7) is 14.9. The van der Waals surface area contributed by atoms with Crippen molar-refractivity contribution in [2.75, 3.05) is 26.4 Å². The number of carbonyl (C=O) groups excluding carboxylic acids is 5. The van der Waals surface area contributed by atoms with Crippen LogP contribution in [0.3, 0.4) is 0 Å². The van der Waals surface area contributed by atoms with Crippen LogP contribution in [0.25, 0.3) is 0 Å². The number of nitriles is 1. The minimum Gasteiger partial charge on any atom is -0.447 e. The number of alkyl carbamates (subject to hydrolysis) is 1. The van der Waals surface area contributed by atoms with Crippen LogP contribution < -0.4 is 10.6 Å². The summed E-state index contributed by atoms with van der Waals surface area (Å²) in [5.41, 5.74) is -1.24. The number of hydrogen-bond donors (Lipinski definition) is 3. The van der Waals surface area contributed by atoms with Crippen LogP contribution >= 0.6 is 0 Å². The Bertz CT molecular complexity index is 1450. The molecule has 1 aromatic carbocycles. The predicted molar refractivity (Wildman–Crippen MR) is 188 cm³/mol. The van der Waals surface area contributed by atoms with Gasteiger partial charge < -0.3 is 34.7 Å². The van der Waals surface area contributed by atoms with Crippen LogP contribution in [0.15, 0.2) is 30.3 Å². The van der Waals surface area contributed by atoms with Crippen LogP contribution in [-0.4, -0.2) is 106 Å². The maximum atomic E-state index is 13.5. The maximum Gasteiger partial charge on any atom is 0.416 e. The number of cyclic esters (lactones) is 1. The molecule has 0 bridgehead atoms. The molecule has 0 radical (unpaired) electrons. The highest BCUT2D eigenvalue weighted by molar-refractivity contribution is 5.95. The Morgan fingerprint density at radius 2 is 1.69 bits per heavy atom. The summed E-state index contributed by atoms with van der Waals surface area (Å²) >= 11 is 0. The molecule has 3 fully saturated rings. The van der Waals surface area contributed by atoms with E-state index in [0.717, 1.165) is 16.9 Å². The summed E-state index contributed by atoms with van der Waals surface area (Å²) in [7, 11) is 0. The molecule has 15 nitrogen and oxygen atoms in total. The lowest BCUT2D eigenvalue weighted by Crippen LogP contribution is -2.51. The van der Waals surface area contributed by atoms with Gasteiger partial charge in [-0.15, -0.1) is 0 Å². The standard InChI is InChI=1S/C25H33N3O6.C12H22N2O4/c1-24(2,3)34-23(31)28-20(16-33-25(28,4)5)14-18(11-12-26)21(29)27-19(15-32-22(27)30)13-17-9-7-6-8-10-17;1-12(2,3)18-11(17)14-9(7-15)6-8-4-5-13-10(8)16/h6-10,18-20H,11,13-16H2,1-5H3;8-9,15H,4-7H2,1-3H3,(H,13,16)(H,14,17)/t18-,19-,20-;8-,9-/m00/s1. The summed E-state index contributed by atoms with van der Waals surface area (Å²) in [5.74, 6) is -1.43. The minimum absolute atomic E-state index is 0.0144. The Balaban J connectivity index is 0.000000341. The molecule has 15 heteroatoms. The largest absolute Gasteiger partial charge is 0.447 e. The highest BCUT2D eigenvalue weighted by Gasteiger charge is 2.48. The number of hydrogen-bond acceptors (Lipinski definition) is 11. The quantitative estimate of drug-likeness (QED) is 0.291. The summed E-state index contributed by atoms with van der Waals surface area (Å²) in [5, 5.41) is 23.9. The van der Waals surface area contributed by atoms with Crippen molar-refractivity contribution in [1.82, 2.24) is 20.4 Å². The minimum atomic E-state index is -0.935. The highest BCUT2D eigenvalue weighted by Crippen LogP contribution is 2.34. The van der Waals surface area contributed by atoms with Crippen LogP contribution in [0.4, 0.5) is 14.4 Å². The number of amides is 5. The molecular weight excluding hydrogens is 674 g/mol. The Kier molecular flexibility index (Phi) is 14.4. The molecule has 0 aromatic heterocycles. The second kappa shape index (κ2) is 17.9. The van der Waals surface area contributed by atoms with E-state index in [2.05, 4.69) is 16.7 Å². The molecule has 3 aliphatic rings. The van der Waals surface area contributed by atoms with Gasteiger partial charge in [-0.2, -0.15) is 5.26 Å². The van der Waals surface area contributed by atoms with Crippen molar-refractivity contribution in [1.29, 1.82) is 5.26 Å². The SMILES string of the molecule is CC(C)(C)OC(=O)N1[C@@H](C[C@H](CC#N)C(=O)N2C(=O)OC[C@@H]2Cc2ccccc2)COC1(C)C.CC(C)(C)OC(=O)N[C@H](CO)C[C@@H]1CCNC1=O. The zero-order chi connectivity index (χ0) is 38.9. The molecule has 5 amide bonds. The molecule has 288 valence electrons. The Morgan fingerprint density at radius 3 is 2.25 bits per heavy atom. The zero-order valence-corrected chi connectivity index (χ0v) is 31.6. The van der Waals surface area contributed by atoms with Crippen molar-refractivity contribution in [3.8, 4) is 6.07 Å². The fraction of sp³-hybridized carbons (Fsp3) is 0.676. The second-order valence-corrected chi connectivity index (χ2v) is 15.7. The van der Waals surface area contributed by atoms with Crippen molar-refractivity contribution < 1.29 is 48.0 Å². The third-order valence-corrected chi connectivity index (χ3v) is 8.59. The fourth-order valence-corrected chi connectivity index (χ4v) is 6.28. The van der Waals surface area contributed by atoms with Crippen LogP contribution in [-0.2, 0) is 35.0 Å². The van der Waals surface area contributed by atoms with E-state index < -0.39 is 65.2 Å². The number of aliphatic hydroxyl groups is 1. The summed E-state index contributed by atoms with van der Waals surface area (Å²) < 4.78 is 21.7. The smallest absolute Gasteiger partial charge is 0.416 e. The van der Waals surface area contributed by atoms with Gasteiger partial charge in [-0.25, -0.2) is 19.3 Å². The van der Waals surface area contributed by atoms with Gasteiger partial charge in [-0.3, -0.25) is 14.5 Å². The average Bonchev–Trinajstić information content (AvgIpc) is 3.70. The molecule has 1 aromatic rings. The number of carbonyl (C=O) groups is 5. The van der Waals surface area contributed by atoms with Crippen molar-refractivity contribution >= 4 is 30.1 Å². The van der Waals surface area contributed by atoms with Gasteiger partial charge in [0.15, 0.2) is 0 Å². The lowest BCUT2D eigenvalue weighted by Gasteiger charge is -2.36. The zero-order valence-electron chi connectivity index (χ0n) is 31.6. The van der Waals surface area contributed by atoms with Gasteiger partial charge in [-0.1, -0.05) is 30.3 Å². The van der Waals surface area contributed by atoms with Crippen molar-refractivity contribution in [3.63, 3.8) is 0 Å². The molecule has 0 saturated carbocycles. The Morgan fingerprint density at radius 1 is 1.04 bits per heavy atom. The first-order chi connectivity index (χ1) is 24.2. The van der Waals surface area contributed by atoms with Crippen LogP contribution in [0.5, 0.6) is 0 Å². The summed E-state index contributed by atoms with van der Waals surface area (Å²) in [4.78, 5) is 64.5. The number of rotatable bonds is 10. The molecule has 0 unspecified atom stereocenters. The van der Waals surface area contributed by atoms with E-state index in [4.69, 9.17) is 18.9 Å². The first-order valence-corrected chi connectivity index (χ1v) is 17.7. The number of ether oxygens (including phenoxy) is 4. The first-order valence-electron chi connectivity index (χ1n) is 17.7. The Labute approximate surface area is 306 Å².